The van der Waals surface area contributed by atoms with E-state index in [0.717, 1.165) is 18.7 Å². The molecule has 108 valence electrons. The van der Waals surface area contributed by atoms with Gasteiger partial charge in [0, 0.05) is 13.0 Å². The molecule has 1 heterocycles. The fourth-order valence-electron chi connectivity index (χ4n) is 2.64. The minimum absolute atomic E-state index is 0.142. The predicted molar refractivity (Wildman–Crippen MR) is 77.5 cm³/mol. The van der Waals surface area contributed by atoms with Gasteiger partial charge in [-0.25, -0.2) is 0 Å². The lowest BCUT2D eigenvalue weighted by Crippen LogP contribution is -2.27. The third-order valence-electron chi connectivity index (χ3n) is 3.98. The van der Waals surface area contributed by atoms with Crippen LogP contribution < -0.4 is 0 Å². The van der Waals surface area contributed by atoms with Crippen LogP contribution in [0.2, 0.25) is 0 Å². The molecular formula is C16H22N2O2. The summed E-state index contributed by atoms with van der Waals surface area (Å²) >= 11 is 0. The van der Waals surface area contributed by atoms with E-state index in [-0.39, 0.29) is 12.0 Å². The van der Waals surface area contributed by atoms with Gasteiger partial charge in [-0.3, -0.25) is 0 Å². The molecule has 4 heteroatoms. The maximum absolute atomic E-state index is 8.87. The van der Waals surface area contributed by atoms with Crippen LogP contribution in [0.5, 0.6) is 0 Å². The molecule has 0 spiro atoms. The summed E-state index contributed by atoms with van der Waals surface area (Å²) in [4.78, 5) is 4.55. The van der Waals surface area contributed by atoms with Crippen molar-refractivity contribution in [3.05, 3.63) is 47.6 Å². The molecular weight excluding hydrogens is 252 g/mol. The van der Waals surface area contributed by atoms with E-state index in [1.54, 1.807) is 0 Å². The summed E-state index contributed by atoms with van der Waals surface area (Å²) in [5, 5.41) is 13.1. The second kappa shape index (κ2) is 6.66. The largest absolute Gasteiger partial charge is 0.396 e. The zero-order valence-electron chi connectivity index (χ0n) is 12.2. The van der Waals surface area contributed by atoms with Crippen LogP contribution in [0.3, 0.4) is 0 Å². The van der Waals surface area contributed by atoms with E-state index in [1.165, 1.54) is 5.56 Å². The standard InChI is InChI=1S/C16H22N2O2/c1-3-16(4-2,13-9-6-5-7-10-13)15-17-14(20-18-15)11-8-12-19/h5-7,9-10,19H,3-4,8,11-12H2,1-2H3. The molecule has 0 aliphatic heterocycles. The number of hydrogen-bond acceptors (Lipinski definition) is 4. The lowest BCUT2D eigenvalue weighted by atomic mass is 9.75. The lowest BCUT2D eigenvalue weighted by molar-refractivity contribution is 0.277. The van der Waals surface area contributed by atoms with Crippen LogP contribution in [0.1, 0.15) is 50.4 Å². The molecule has 1 aromatic heterocycles. The maximum Gasteiger partial charge on any atom is 0.226 e. The van der Waals surface area contributed by atoms with Gasteiger partial charge in [0.25, 0.3) is 0 Å². The van der Waals surface area contributed by atoms with Gasteiger partial charge in [0.1, 0.15) is 0 Å². The molecule has 0 saturated carbocycles. The number of benzene rings is 1. The number of hydrogen-bond donors (Lipinski definition) is 1. The van der Waals surface area contributed by atoms with Gasteiger partial charge >= 0.3 is 0 Å². The van der Waals surface area contributed by atoms with Gasteiger partial charge in [-0.05, 0) is 24.8 Å². The van der Waals surface area contributed by atoms with Crippen molar-refractivity contribution in [1.82, 2.24) is 10.1 Å². The van der Waals surface area contributed by atoms with Crippen molar-refractivity contribution in [3.8, 4) is 0 Å². The van der Waals surface area contributed by atoms with Crippen LogP contribution in [0.15, 0.2) is 34.9 Å². The molecule has 0 atom stereocenters. The average molecular weight is 274 g/mol. The first kappa shape index (κ1) is 14.7. The number of aliphatic hydroxyl groups excluding tert-OH is 1. The van der Waals surface area contributed by atoms with Crippen LogP contribution >= 0.6 is 0 Å². The van der Waals surface area contributed by atoms with Crippen molar-refractivity contribution < 1.29 is 9.63 Å². The second-order valence-electron chi connectivity index (χ2n) is 4.99. The Morgan fingerprint density at radius 2 is 1.85 bits per heavy atom. The van der Waals surface area contributed by atoms with E-state index in [2.05, 4.69) is 36.1 Å². The topological polar surface area (TPSA) is 59.2 Å². The Hall–Kier alpha value is -1.68. The molecule has 1 N–H and O–H groups in total. The Kier molecular flexibility index (Phi) is 4.90. The lowest BCUT2D eigenvalue weighted by Gasteiger charge is -2.28. The van der Waals surface area contributed by atoms with Gasteiger partial charge in [-0.2, -0.15) is 4.98 Å². The molecule has 2 rings (SSSR count). The highest BCUT2D eigenvalue weighted by Crippen LogP contribution is 2.36. The summed E-state index contributed by atoms with van der Waals surface area (Å²) in [6.07, 6.45) is 3.12. The van der Waals surface area contributed by atoms with Gasteiger partial charge in [0.15, 0.2) is 5.82 Å². The van der Waals surface area contributed by atoms with Gasteiger partial charge in [0.05, 0.1) is 5.41 Å². The monoisotopic (exact) mass is 274 g/mol. The highest BCUT2D eigenvalue weighted by atomic mass is 16.5. The number of aromatic nitrogens is 2. The van der Waals surface area contributed by atoms with E-state index < -0.39 is 0 Å². The molecule has 0 aliphatic carbocycles. The molecule has 4 nitrogen and oxygen atoms in total. The second-order valence-corrected chi connectivity index (χ2v) is 4.99. The minimum atomic E-state index is -0.192. The van der Waals surface area contributed by atoms with Crippen molar-refractivity contribution in [2.24, 2.45) is 0 Å². The van der Waals surface area contributed by atoms with Crippen molar-refractivity contribution in [2.75, 3.05) is 6.61 Å². The highest BCUT2D eigenvalue weighted by Gasteiger charge is 2.35. The molecule has 0 unspecified atom stereocenters. The van der Waals surface area contributed by atoms with E-state index in [9.17, 15) is 0 Å². The van der Waals surface area contributed by atoms with E-state index in [4.69, 9.17) is 9.63 Å². The number of nitrogens with zero attached hydrogens (tertiary/aromatic N) is 2. The zero-order chi connectivity index (χ0) is 14.4. The van der Waals surface area contributed by atoms with E-state index >= 15 is 0 Å². The fourth-order valence-corrected chi connectivity index (χ4v) is 2.64. The van der Waals surface area contributed by atoms with Gasteiger partial charge in [0.2, 0.25) is 5.89 Å². The molecule has 0 radical (unpaired) electrons. The van der Waals surface area contributed by atoms with Crippen LogP contribution in [-0.4, -0.2) is 21.9 Å². The molecule has 0 saturated heterocycles. The Labute approximate surface area is 119 Å². The van der Waals surface area contributed by atoms with Crippen LogP contribution in [0, 0.1) is 0 Å². The van der Waals surface area contributed by atoms with E-state index in [0.29, 0.717) is 18.7 Å². The Morgan fingerprint density at radius 3 is 2.45 bits per heavy atom. The summed E-state index contributed by atoms with van der Waals surface area (Å²) in [6.45, 7) is 4.45. The van der Waals surface area contributed by atoms with Gasteiger partial charge < -0.3 is 9.63 Å². The van der Waals surface area contributed by atoms with Gasteiger partial charge in [-0.15, -0.1) is 0 Å². The van der Waals surface area contributed by atoms with Crippen molar-refractivity contribution >= 4 is 0 Å². The summed E-state index contributed by atoms with van der Waals surface area (Å²) in [7, 11) is 0. The first-order valence-corrected chi connectivity index (χ1v) is 7.26. The Balaban J connectivity index is 2.35. The third kappa shape index (κ3) is 2.75. The van der Waals surface area contributed by atoms with Crippen molar-refractivity contribution in [2.45, 2.75) is 44.9 Å². The molecule has 0 fully saturated rings. The van der Waals surface area contributed by atoms with Crippen molar-refractivity contribution in [1.29, 1.82) is 0 Å². The smallest absolute Gasteiger partial charge is 0.226 e. The summed E-state index contributed by atoms with van der Waals surface area (Å²) in [5.74, 6) is 1.36. The molecule has 0 bridgehead atoms. The van der Waals surface area contributed by atoms with Crippen molar-refractivity contribution in [3.63, 3.8) is 0 Å². The van der Waals surface area contributed by atoms with Crippen LogP contribution in [0.25, 0.3) is 0 Å². The number of rotatable bonds is 7. The molecule has 1 aromatic carbocycles. The van der Waals surface area contributed by atoms with Crippen LogP contribution in [-0.2, 0) is 11.8 Å². The predicted octanol–water partition coefficient (Wildman–Crippen LogP) is 3.10. The van der Waals surface area contributed by atoms with Crippen LogP contribution in [0.4, 0.5) is 0 Å². The summed E-state index contributed by atoms with van der Waals surface area (Å²) < 4.78 is 5.33. The quantitative estimate of drug-likeness (QED) is 0.842. The highest BCUT2D eigenvalue weighted by molar-refractivity contribution is 5.32. The first-order valence-electron chi connectivity index (χ1n) is 7.26. The molecule has 0 amide bonds. The number of aryl methyl sites for hydroxylation is 1. The third-order valence-corrected chi connectivity index (χ3v) is 3.98. The molecule has 0 aliphatic rings. The normalized spacial score (nSPS) is 11.8. The van der Waals surface area contributed by atoms with Gasteiger partial charge in [-0.1, -0.05) is 49.3 Å². The maximum atomic E-state index is 8.87. The Bertz CT molecular complexity index is 518. The molecule has 20 heavy (non-hydrogen) atoms. The molecule has 2 aromatic rings. The fraction of sp³-hybridized carbons (Fsp3) is 0.500. The van der Waals surface area contributed by atoms with E-state index in [1.807, 2.05) is 18.2 Å². The average Bonchev–Trinajstić information content (AvgIpc) is 2.97. The first-order chi connectivity index (χ1) is 9.76. The zero-order valence-corrected chi connectivity index (χ0v) is 12.2. The SMILES string of the molecule is CCC(CC)(c1ccccc1)c1noc(CCCO)n1. The number of aliphatic hydroxyl groups is 1. The summed E-state index contributed by atoms with van der Waals surface area (Å²) in [6, 6.07) is 10.3. The summed E-state index contributed by atoms with van der Waals surface area (Å²) in [5.41, 5.74) is 1.03. The Morgan fingerprint density at radius 1 is 1.15 bits per heavy atom. The minimum Gasteiger partial charge on any atom is -0.396 e.